The number of nitrogen functional groups attached to an aromatic ring is 1. The van der Waals surface area contributed by atoms with Gasteiger partial charge in [-0.1, -0.05) is 60.7 Å². The molecule has 0 saturated heterocycles. The van der Waals surface area contributed by atoms with Crippen LogP contribution in [0.2, 0.25) is 0 Å². The van der Waals surface area contributed by atoms with E-state index in [-0.39, 0.29) is 16.2 Å². The summed E-state index contributed by atoms with van der Waals surface area (Å²) in [5.74, 6) is 5.47. The number of anilines is 1. The van der Waals surface area contributed by atoms with Crippen molar-refractivity contribution in [2.45, 2.75) is 4.90 Å². The van der Waals surface area contributed by atoms with Gasteiger partial charge in [-0.15, -0.1) is 0 Å². The van der Waals surface area contributed by atoms with Crippen molar-refractivity contribution in [3.63, 3.8) is 0 Å². The van der Waals surface area contributed by atoms with Gasteiger partial charge in [-0.2, -0.15) is 8.42 Å². The highest BCUT2D eigenvalue weighted by atomic mass is 32.2. The zero-order chi connectivity index (χ0) is 21.0. The smallest absolute Gasteiger partial charge is 0.295 e. The summed E-state index contributed by atoms with van der Waals surface area (Å²) in [6, 6.07) is 20.9. The molecular formula is C21H18N2O5S. The number of hydrogen-bond donors (Lipinski definition) is 4. The van der Waals surface area contributed by atoms with Crippen LogP contribution in [0.15, 0.2) is 77.7 Å². The maximum absolute atomic E-state index is 11.2. The lowest BCUT2D eigenvalue weighted by Gasteiger charge is -2.07. The number of nitrogens with two attached hydrogens (primary N) is 1. The van der Waals surface area contributed by atoms with Gasteiger partial charge in [0.1, 0.15) is 10.6 Å². The van der Waals surface area contributed by atoms with E-state index in [9.17, 15) is 18.3 Å². The molecule has 0 fully saturated rings. The number of nitrogens with one attached hydrogen (secondary N) is 1. The second kappa shape index (κ2) is 8.27. The van der Waals surface area contributed by atoms with Crippen LogP contribution in [0.4, 0.5) is 5.69 Å². The molecule has 148 valence electrons. The van der Waals surface area contributed by atoms with E-state index in [1.165, 1.54) is 6.07 Å². The van der Waals surface area contributed by atoms with Gasteiger partial charge in [-0.05, 0) is 22.9 Å². The second-order valence-corrected chi connectivity index (χ2v) is 7.48. The molecule has 4 aromatic rings. The number of rotatable bonds is 3. The summed E-state index contributed by atoms with van der Waals surface area (Å²) >= 11 is 0. The first-order chi connectivity index (χ1) is 13.9. The van der Waals surface area contributed by atoms with E-state index in [1.807, 2.05) is 30.3 Å². The summed E-state index contributed by atoms with van der Waals surface area (Å²) in [7, 11) is -4.40. The first-order valence-corrected chi connectivity index (χ1v) is 9.92. The fourth-order valence-electron chi connectivity index (χ4n) is 3.05. The molecule has 0 amide bonds. The Bertz CT molecular complexity index is 1300. The third kappa shape index (κ3) is 4.19. The molecule has 0 atom stereocenters. The third-order valence-electron chi connectivity index (χ3n) is 4.35. The summed E-state index contributed by atoms with van der Waals surface area (Å²) in [6.45, 7) is 0. The molecule has 0 aromatic heterocycles. The molecule has 29 heavy (non-hydrogen) atoms. The molecule has 0 heterocycles. The SMILES string of the molecule is NNc1c(O)ccc2ccccc12.O=Cc1ccc2ccccc2c1S(=O)(=O)O. The summed E-state index contributed by atoms with van der Waals surface area (Å²) < 4.78 is 31.6. The van der Waals surface area contributed by atoms with Crippen LogP contribution in [0.1, 0.15) is 10.4 Å². The molecule has 0 aliphatic carbocycles. The number of phenols is 1. The highest BCUT2D eigenvalue weighted by molar-refractivity contribution is 7.86. The van der Waals surface area contributed by atoms with Gasteiger partial charge in [-0.25, -0.2) is 0 Å². The summed E-state index contributed by atoms with van der Waals surface area (Å²) in [5, 5.41) is 12.4. The van der Waals surface area contributed by atoms with Crippen LogP contribution in [-0.4, -0.2) is 24.4 Å². The lowest BCUT2D eigenvalue weighted by Crippen LogP contribution is -2.07. The molecule has 4 rings (SSSR count). The predicted molar refractivity (Wildman–Crippen MR) is 113 cm³/mol. The number of benzene rings is 4. The van der Waals surface area contributed by atoms with Crippen LogP contribution in [0.5, 0.6) is 5.75 Å². The predicted octanol–water partition coefficient (Wildman–Crippen LogP) is 3.73. The van der Waals surface area contributed by atoms with Crippen LogP contribution >= 0.6 is 0 Å². The topological polar surface area (TPSA) is 130 Å². The van der Waals surface area contributed by atoms with E-state index < -0.39 is 10.1 Å². The van der Waals surface area contributed by atoms with Crippen LogP contribution in [0.3, 0.4) is 0 Å². The summed E-state index contributed by atoms with van der Waals surface area (Å²) in [6.07, 6.45) is 0.412. The number of aromatic hydroxyl groups is 1. The van der Waals surface area contributed by atoms with Crippen molar-refractivity contribution in [3.8, 4) is 5.75 Å². The molecule has 0 aliphatic heterocycles. The fourth-order valence-corrected chi connectivity index (χ4v) is 3.93. The minimum atomic E-state index is -4.40. The Balaban J connectivity index is 0.000000169. The Hall–Kier alpha value is -3.46. The molecule has 4 aromatic carbocycles. The first-order valence-electron chi connectivity index (χ1n) is 8.48. The van der Waals surface area contributed by atoms with Gasteiger partial charge < -0.3 is 10.5 Å². The van der Waals surface area contributed by atoms with Gasteiger partial charge in [0, 0.05) is 16.3 Å². The molecule has 0 saturated carbocycles. The average Bonchev–Trinajstić information content (AvgIpc) is 2.72. The lowest BCUT2D eigenvalue weighted by atomic mass is 10.1. The molecule has 0 spiro atoms. The van der Waals surface area contributed by atoms with E-state index in [4.69, 9.17) is 10.4 Å². The standard InChI is InChI=1S/C11H8O4S.C10H10N2O/c12-7-9-6-5-8-3-1-2-4-10(8)11(9)16(13,14)15;11-12-10-8-4-2-1-3-7(8)5-6-9(10)13/h1-7H,(H,13,14,15);1-6,12-13H,11H2. The quantitative estimate of drug-likeness (QED) is 0.133. The number of aldehydes is 1. The van der Waals surface area contributed by atoms with Crippen molar-refractivity contribution in [1.29, 1.82) is 0 Å². The maximum atomic E-state index is 11.2. The van der Waals surface area contributed by atoms with E-state index in [0.717, 1.165) is 10.8 Å². The number of carbonyl (C=O) groups excluding carboxylic acids is 1. The maximum Gasteiger partial charge on any atom is 0.295 e. The van der Waals surface area contributed by atoms with E-state index in [0.29, 0.717) is 22.7 Å². The van der Waals surface area contributed by atoms with Crippen molar-refractivity contribution in [2.75, 3.05) is 5.43 Å². The fraction of sp³-hybridized carbons (Fsp3) is 0. The zero-order valence-electron chi connectivity index (χ0n) is 15.1. The van der Waals surface area contributed by atoms with Crippen molar-refractivity contribution >= 4 is 43.6 Å². The van der Waals surface area contributed by atoms with Crippen molar-refractivity contribution in [1.82, 2.24) is 0 Å². The summed E-state index contributed by atoms with van der Waals surface area (Å²) in [4.78, 5) is 10.4. The number of hydrogen-bond acceptors (Lipinski definition) is 6. The monoisotopic (exact) mass is 410 g/mol. The third-order valence-corrected chi connectivity index (χ3v) is 5.32. The van der Waals surface area contributed by atoms with Gasteiger partial charge in [-0.3, -0.25) is 15.2 Å². The zero-order valence-corrected chi connectivity index (χ0v) is 15.9. The highest BCUT2D eigenvalue weighted by Crippen LogP contribution is 2.31. The first kappa shape index (κ1) is 20.3. The van der Waals surface area contributed by atoms with Crippen LogP contribution in [0, 0.1) is 0 Å². The molecule has 0 radical (unpaired) electrons. The van der Waals surface area contributed by atoms with Gasteiger partial charge in [0.15, 0.2) is 6.29 Å². The molecule has 0 aliphatic rings. The molecule has 8 heteroatoms. The second-order valence-electron chi connectivity index (χ2n) is 6.12. The lowest BCUT2D eigenvalue weighted by molar-refractivity contribution is 0.112. The highest BCUT2D eigenvalue weighted by Gasteiger charge is 2.18. The molecule has 7 nitrogen and oxygen atoms in total. The normalized spacial score (nSPS) is 11.0. The number of hydrazine groups is 1. The molecule has 0 unspecified atom stereocenters. The van der Waals surface area contributed by atoms with E-state index in [2.05, 4.69) is 5.43 Å². The van der Waals surface area contributed by atoms with E-state index >= 15 is 0 Å². The molecule has 0 bridgehead atoms. The Morgan fingerprint density at radius 1 is 0.828 bits per heavy atom. The van der Waals surface area contributed by atoms with Crippen LogP contribution < -0.4 is 11.3 Å². The van der Waals surface area contributed by atoms with Gasteiger partial charge in [0.25, 0.3) is 10.1 Å². The largest absolute Gasteiger partial charge is 0.506 e. The molecular weight excluding hydrogens is 392 g/mol. The van der Waals surface area contributed by atoms with Crippen LogP contribution in [0.25, 0.3) is 21.5 Å². The van der Waals surface area contributed by atoms with Crippen LogP contribution in [-0.2, 0) is 10.1 Å². The van der Waals surface area contributed by atoms with Gasteiger partial charge >= 0.3 is 0 Å². The van der Waals surface area contributed by atoms with Crippen molar-refractivity contribution in [3.05, 3.63) is 78.4 Å². The number of fused-ring (bicyclic) bond motifs is 2. The number of carbonyl (C=O) groups is 1. The summed E-state index contributed by atoms with van der Waals surface area (Å²) in [5.41, 5.74) is 3.02. The minimum absolute atomic E-state index is 0.0406. The minimum Gasteiger partial charge on any atom is -0.506 e. The number of phenolic OH excluding ortho intramolecular Hbond substituents is 1. The Kier molecular flexibility index (Phi) is 5.79. The van der Waals surface area contributed by atoms with E-state index in [1.54, 1.807) is 36.4 Å². The van der Waals surface area contributed by atoms with Gasteiger partial charge in [0.2, 0.25) is 0 Å². The van der Waals surface area contributed by atoms with Gasteiger partial charge in [0.05, 0.1) is 5.69 Å². The van der Waals surface area contributed by atoms with Crippen molar-refractivity contribution in [2.24, 2.45) is 5.84 Å². The Morgan fingerprint density at radius 3 is 1.97 bits per heavy atom. The average molecular weight is 410 g/mol. The molecule has 5 N–H and O–H groups in total. The van der Waals surface area contributed by atoms with Crippen molar-refractivity contribution < 1.29 is 22.9 Å². The Labute approximate surface area is 167 Å². The Morgan fingerprint density at radius 2 is 1.38 bits per heavy atom.